The number of thioether (sulfide) groups is 2. The van der Waals surface area contributed by atoms with Crippen LogP contribution in [0, 0.1) is 0 Å². The molecule has 0 fully saturated rings. The molecule has 0 amide bonds. The third-order valence-electron chi connectivity index (χ3n) is 2.54. The number of benzene rings is 1. The van der Waals surface area contributed by atoms with Crippen LogP contribution in [-0.4, -0.2) is 17.3 Å². The van der Waals surface area contributed by atoms with Crippen molar-refractivity contribution >= 4 is 29.3 Å². The molecule has 0 aliphatic carbocycles. The first kappa shape index (κ1) is 11.8. The Kier molecular flexibility index (Phi) is 3.77. The Balaban J connectivity index is 2.29. The van der Waals surface area contributed by atoms with Crippen molar-refractivity contribution in [3.8, 4) is 0 Å². The zero-order valence-electron chi connectivity index (χ0n) is 9.40. The van der Waals surface area contributed by atoms with E-state index in [0.717, 1.165) is 17.6 Å². The summed E-state index contributed by atoms with van der Waals surface area (Å²) in [6.07, 6.45) is 2.94. The summed E-state index contributed by atoms with van der Waals surface area (Å²) in [5.74, 6) is 0.196. The molecule has 84 valence electrons. The van der Waals surface area contributed by atoms with Crippen LogP contribution in [0.1, 0.15) is 23.7 Å². The fourth-order valence-corrected chi connectivity index (χ4v) is 4.02. The van der Waals surface area contributed by atoms with Gasteiger partial charge in [-0.05, 0) is 12.7 Å². The Labute approximate surface area is 105 Å². The van der Waals surface area contributed by atoms with Crippen molar-refractivity contribution in [3.05, 3.63) is 45.7 Å². The summed E-state index contributed by atoms with van der Waals surface area (Å²) < 4.78 is 1.20. The van der Waals surface area contributed by atoms with Gasteiger partial charge in [0.25, 0.3) is 0 Å². The predicted molar refractivity (Wildman–Crippen MR) is 73.0 cm³/mol. The van der Waals surface area contributed by atoms with Crippen LogP contribution in [0.4, 0.5) is 0 Å². The molecule has 0 saturated heterocycles. The second-order valence-electron chi connectivity index (χ2n) is 3.80. The number of rotatable bonds is 3. The molecular weight excluding hydrogens is 236 g/mol. The van der Waals surface area contributed by atoms with Gasteiger partial charge in [0, 0.05) is 20.6 Å². The lowest BCUT2D eigenvalue weighted by atomic mass is 10.0. The molecule has 1 aromatic rings. The maximum absolute atomic E-state index is 12.3. The maximum Gasteiger partial charge on any atom is 0.190 e. The summed E-state index contributed by atoms with van der Waals surface area (Å²) in [6, 6.07) is 9.55. The van der Waals surface area contributed by atoms with Crippen LogP contribution in [-0.2, 0) is 0 Å². The number of carbonyl (C=O) groups excluding carboxylic acids is 1. The Bertz CT molecular complexity index is 423. The molecule has 0 aromatic heterocycles. The maximum atomic E-state index is 12.3. The highest BCUT2D eigenvalue weighted by atomic mass is 32.2. The predicted octanol–water partition coefficient (Wildman–Crippen LogP) is 3.97. The van der Waals surface area contributed by atoms with Crippen LogP contribution in [0.5, 0.6) is 0 Å². The van der Waals surface area contributed by atoms with Crippen molar-refractivity contribution in [3.63, 3.8) is 0 Å². The van der Waals surface area contributed by atoms with Gasteiger partial charge in [-0.1, -0.05) is 37.3 Å². The fraction of sp³-hybridized carbons (Fsp3) is 0.308. The van der Waals surface area contributed by atoms with Crippen molar-refractivity contribution in [1.29, 1.82) is 0 Å². The van der Waals surface area contributed by atoms with E-state index in [1.165, 1.54) is 4.24 Å². The van der Waals surface area contributed by atoms with Gasteiger partial charge in [-0.15, -0.1) is 23.5 Å². The molecule has 1 aliphatic rings. The minimum absolute atomic E-state index is 0.196. The minimum atomic E-state index is 0.196. The molecule has 3 heteroatoms. The Morgan fingerprint density at radius 3 is 2.69 bits per heavy atom. The smallest absolute Gasteiger partial charge is 0.190 e. The van der Waals surface area contributed by atoms with E-state index >= 15 is 0 Å². The van der Waals surface area contributed by atoms with Crippen LogP contribution in [0.2, 0.25) is 0 Å². The molecule has 0 bridgehead atoms. The van der Waals surface area contributed by atoms with Crippen LogP contribution in [0.25, 0.3) is 0 Å². The van der Waals surface area contributed by atoms with Gasteiger partial charge in [-0.2, -0.15) is 0 Å². The highest BCUT2D eigenvalue weighted by Gasteiger charge is 2.26. The third-order valence-corrected chi connectivity index (χ3v) is 4.98. The average molecular weight is 250 g/mol. The highest BCUT2D eigenvalue weighted by Crippen LogP contribution is 2.43. The van der Waals surface area contributed by atoms with Crippen molar-refractivity contribution < 1.29 is 4.79 Å². The number of hydrogen-bond acceptors (Lipinski definition) is 3. The molecule has 0 N–H and O–H groups in total. The molecule has 0 spiro atoms. The number of allylic oxidation sites excluding steroid dienone is 1. The van der Waals surface area contributed by atoms with Crippen molar-refractivity contribution in [2.75, 3.05) is 6.26 Å². The van der Waals surface area contributed by atoms with Crippen molar-refractivity contribution in [1.82, 2.24) is 0 Å². The van der Waals surface area contributed by atoms with Gasteiger partial charge in [0.1, 0.15) is 0 Å². The van der Waals surface area contributed by atoms with Crippen molar-refractivity contribution in [2.24, 2.45) is 0 Å². The molecule has 2 rings (SSSR count). The summed E-state index contributed by atoms with van der Waals surface area (Å²) in [6.45, 7) is 2.17. The molecule has 0 radical (unpaired) electrons. The van der Waals surface area contributed by atoms with E-state index in [9.17, 15) is 4.79 Å². The van der Waals surface area contributed by atoms with Gasteiger partial charge in [-0.3, -0.25) is 4.79 Å². The van der Waals surface area contributed by atoms with Gasteiger partial charge in [0.2, 0.25) is 0 Å². The number of ketones is 1. The van der Waals surface area contributed by atoms with Crippen LogP contribution in [0.3, 0.4) is 0 Å². The van der Waals surface area contributed by atoms with Crippen molar-refractivity contribution in [2.45, 2.75) is 18.6 Å². The summed E-state index contributed by atoms with van der Waals surface area (Å²) in [7, 11) is 0. The summed E-state index contributed by atoms with van der Waals surface area (Å²) in [4.78, 5) is 12.3. The van der Waals surface area contributed by atoms with Gasteiger partial charge < -0.3 is 0 Å². The van der Waals surface area contributed by atoms with Gasteiger partial charge in [-0.25, -0.2) is 0 Å². The monoisotopic (exact) mass is 250 g/mol. The molecule has 1 heterocycles. The zero-order chi connectivity index (χ0) is 11.5. The van der Waals surface area contributed by atoms with Crippen LogP contribution >= 0.6 is 23.5 Å². The summed E-state index contributed by atoms with van der Waals surface area (Å²) >= 11 is 3.51. The van der Waals surface area contributed by atoms with Gasteiger partial charge in [0.15, 0.2) is 5.78 Å². The first-order valence-electron chi connectivity index (χ1n) is 5.26. The first-order valence-corrected chi connectivity index (χ1v) is 7.36. The standard InChI is InChI=1S/C13H14OS2/c1-9-8-11(13(15-2)16-9)12(14)10-6-4-3-5-7-10/h3-7,9H,8H2,1-2H3. The van der Waals surface area contributed by atoms with E-state index in [2.05, 4.69) is 6.92 Å². The molecule has 1 aromatic carbocycles. The lowest BCUT2D eigenvalue weighted by Crippen LogP contribution is -2.04. The van der Waals surface area contributed by atoms with Crippen LogP contribution in [0.15, 0.2) is 40.1 Å². The normalized spacial score (nSPS) is 20.2. The zero-order valence-corrected chi connectivity index (χ0v) is 11.0. The molecule has 0 saturated carbocycles. The number of Topliss-reactive ketones (excluding diaryl/α,β-unsaturated/α-hetero) is 1. The Morgan fingerprint density at radius 1 is 1.38 bits per heavy atom. The largest absolute Gasteiger partial charge is 0.289 e. The highest BCUT2D eigenvalue weighted by molar-refractivity contribution is 8.22. The fourth-order valence-electron chi connectivity index (χ4n) is 1.79. The molecule has 1 unspecified atom stereocenters. The number of hydrogen-bond donors (Lipinski definition) is 0. The lowest BCUT2D eigenvalue weighted by Gasteiger charge is -2.03. The van der Waals surface area contributed by atoms with E-state index in [4.69, 9.17) is 0 Å². The lowest BCUT2D eigenvalue weighted by molar-refractivity contribution is 0.103. The van der Waals surface area contributed by atoms with E-state index < -0.39 is 0 Å². The van der Waals surface area contributed by atoms with Crippen LogP contribution < -0.4 is 0 Å². The SMILES string of the molecule is CSC1=C(C(=O)c2ccccc2)CC(C)S1. The summed E-state index contributed by atoms with van der Waals surface area (Å²) in [5, 5.41) is 0.533. The van der Waals surface area contributed by atoms with Gasteiger partial charge >= 0.3 is 0 Å². The molecule has 1 aliphatic heterocycles. The second kappa shape index (κ2) is 5.11. The molecule has 1 atom stereocenters. The minimum Gasteiger partial charge on any atom is -0.289 e. The summed E-state index contributed by atoms with van der Waals surface area (Å²) in [5.41, 5.74) is 1.80. The molecule has 1 nitrogen and oxygen atoms in total. The second-order valence-corrected chi connectivity index (χ2v) is 6.32. The Morgan fingerprint density at radius 2 is 2.06 bits per heavy atom. The average Bonchev–Trinajstić information content (AvgIpc) is 2.70. The van der Waals surface area contributed by atoms with Gasteiger partial charge in [0.05, 0.1) is 0 Å². The quantitative estimate of drug-likeness (QED) is 0.756. The van der Waals surface area contributed by atoms with E-state index in [1.54, 1.807) is 11.8 Å². The molecular formula is C13H14OS2. The van der Waals surface area contributed by atoms with E-state index in [1.807, 2.05) is 48.3 Å². The third kappa shape index (κ3) is 2.36. The Hall–Kier alpha value is -0.670. The first-order chi connectivity index (χ1) is 7.72. The van der Waals surface area contributed by atoms with E-state index in [-0.39, 0.29) is 5.78 Å². The topological polar surface area (TPSA) is 17.1 Å². The number of carbonyl (C=O) groups is 1. The van der Waals surface area contributed by atoms with E-state index in [0.29, 0.717) is 5.25 Å². The molecule has 16 heavy (non-hydrogen) atoms.